The Balaban J connectivity index is 2.40. The Bertz CT molecular complexity index is 313. The fraction of sp³-hybridized carbons (Fsp3) is 0.545. The molecule has 1 rings (SSSR count). The van der Waals surface area contributed by atoms with Crippen molar-refractivity contribution in [2.75, 3.05) is 6.54 Å². The standard InChI is InChI=1S/C11H17NO3S/c1-2-4-8(11(14)15)12-7-9(13)10-5-3-6-16-10/h3,5-6,8-9,12-13H,2,4,7H2,1H3,(H,14,15). The molecule has 1 aromatic rings. The van der Waals surface area contributed by atoms with E-state index in [1.54, 1.807) is 0 Å². The highest BCUT2D eigenvalue weighted by Crippen LogP contribution is 2.17. The zero-order chi connectivity index (χ0) is 12.0. The monoisotopic (exact) mass is 243 g/mol. The summed E-state index contributed by atoms with van der Waals surface area (Å²) >= 11 is 1.47. The summed E-state index contributed by atoms with van der Waals surface area (Å²) in [5.41, 5.74) is 0. The summed E-state index contributed by atoms with van der Waals surface area (Å²) in [5, 5.41) is 23.4. The number of aliphatic hydroxyl groups is 1. The second kappa shape index (κ2) is 6.62. The van der Waals surface area contributed by atoms with Crippen molar-refractivity contribution < 1.29 is 15.0 Å². The summed E-state index contributed by atoms with van der Waals surface area (Å²) < 4.78 is 0. The number of hydrogen-bond donors (Lipinski definition) is 3. The van der Waals surface area contributed by atoms with Gasteiger partial charge >= 0.3 is 5.97 Å². The average Bonchev–Trinajstić information content (AvgIpc) is 2.76. The van der Waals surface area contributed by atoms with Crippen LogP contribution in [0.5, 0.6) is 0 Å². The smallest absolute Gasteiger partial charge is 0.320 e. The van der Waals surface area contributed by atoms with Crippen molar-refractivity contribution in [2.45, 2.75) is 31.9 Å². The number of aliphatic carboxylic acids is 1. The lowest BCUT2D eigenvalue weighted by molar-refractivity contribution is -0.139. The molecule has 0 saturated carbocycles. The predicted molar refractivity (Wildman–Crippen MR) is 63.6 cm³/mol. The van der Waals surface area contributed by atoms with E-state index in [0.717, 1.165) is 11.3 Å². The van der Waals surface area contributed by atoms with E-state index >= 15 is 0 Å². The van der Waals surface area contributed by atoms with Gasteiger partial charge in [-0.15, -0.1) is 11.3 Å². The van der Waals surface area contributed by atoms with Crippen LogP contribution in [0.3, 0.4) is 0 Å². The molecule has 90 valence electrons. The highest BCUT2D eigenvalue weighted by Gasteiger charge is 2.17. The van der Waals surface area contributed by atoms with Gasteiger partial charge in [-0.25, -0.2) is 0 Å². The molecular weight excluding hydrogens is 226 g/mol. The quantitative estimate of drug-likeness (QED) is 0.680. The highest BCUT2D eigenvalue weighted by molar-refractivity contribution is 7.10. The summed E-state index contributed by atoms with van der Waals surface area (Å²) in [5.74, 6) is -0.861. The summed E-state index contributed by atoms with van der Waals surface area (Å²) in [6.07, 6.45) is 0.754. The number of carboxylic acid groups (broad SMARTS) is 1. The van der Waals surface area contributed by atoms with Gasteiger partial charge in [0.15, 0.2) is 0 Å². The molecule has 1 aromatic heterocycles. The van der Waals surface area contributed by atoms with Gasteiger partial charge in [0.2, 0.25) is 0 Å². The Labute approximate surface area is 98.9 Å². The van der Waals surface area contributed by atoms with Crippen molar-refractivity contribution in [1.82, 2.24) is 5.32 Å². The number of carbonyl (C=O) groups is 1. The van der Waals surface area contributed by atoms with Crippen molar-refractivity contribution in [1.29, 1.82) is 0 Å². The second-order valence-corrected chi connectivity index (χ2v) is 4.60. The van der Waals surface area contributed by atoms with Crippen LogP contribution >= 0.6 is 11.3 Å². The molecule has 2 atom stereocenters. The summed E-state index contributed by atoms with van der Waals surface area (Å²) in [6.45, 7) is 2.21. The molecule has 0 radical (unpaired) electrons. The molecule has 5 heteroatoms. The van der Waals surface area contributed by atoms with Crippen LogP contribution in [-0.4, -0.2) is 28.8 Å². The molecule has 0 bridgehead atoms. The number of carboxylic acids is 1. The number of nitrogens with one attached hydrogen (secondary N) is 1. The van der Waals surface area contributed by atoms with Gasteiger partial charge < -0.3 is 15.5 Å². The van der Waals surface area contributed by atoms with Crippen molar-refractivity contribution in [3.05, 3.63) is 22.4 Å². The fourth-order valence-electron chi connectivity index (χ4n) is 1.44. The molecule has 0 saturated heterocycles. The molecule has 0 spiro atoms. The third-order valence-electron chi connectivity index (χ3n) is 2.30. The van der Waals surface area contributed by atoms with Crippen molar-refractivity contribution >= 4 is 17.3 Å². The van der Waals surface area contributed by atoms with Gasteiger partial charge in [0.05, 0.1) is 0 Å². The van der Waals surface area contributed by atoms with E-state index in [9.17, 15) is 9.90 Å². The Morgan fingerprint density at radius 1 is 1.62 bits per heavy atom. The molecule has 4 nitrogen and oxygen atoms in total. The molecule has 0 fully saturated rings. The molecule has 0 amide bonds. The van der Waals surface area contributed by atoms with Gasteiger partial charge in [0, 0.05) is 11.4 Å². The first-order valence-electron chi connectivity index (χ1n) is 5.32. The fourth-order valence-corrected chi connectivity index (χ4v) is 2.15. The van der Waals surface area contributed by atoms with Gasteiger partial charge in [-0.05, 0) is 17.9 Å². The predicted octanol–water partition coefficient (Wildman–Crippen LogP) is 1.62. The van der Waals surface area contributed by atoms with Crippen LogP contribution in [0.4, 0.5) is 0 Å². The molecule has 3 N–H and O–H groups in total. The molecule has 0 aromatic carbocycles. The Kier molecular flexibility index (Phi) is 5.45. The second-order valence-electron chi connectivity index (χ2n) is 3.62. The Morgan fingerprint density at radius 3 is 2.88 bits per heavy atom. The number of hydrogen-bond acceptors (Lipinski definition) is 4. The van der Waals surface area contributed by atoms with Crippen molar-refractivity contribution in [3.8, 4) is 0 Å². The first-order valence-corrected chi connectivity index (χ1v) is 6.20. The molecule has 16 heavy (non-hydrogen) atoms. The molecule has 2 unspecified atom stereocenters. The van der Waals surface area contributed by atoms with Gasteiger partial charge in [-0.2, -0.15) is 0 Å². The lowest BCUT2D eigenvalue weighted by Crippen LogP contribution is -2.38. The molecular formula is C11H17NO3S. The van der Waals surface area contributed by atoms with E-state index in [-0.39, 0.29) is 6.54 Å². The highest BCUT2D eigenvalue weighted by atomic mass is 32.1. The van der Waals surface area contributed by atoms with Crippen LogP contribution in [0.25, 0.3) is 0 Å². The van der Waals surface area contributed by atoms with Gasteiger partial charge in [-0.3, -0.25) is 4.79 Å². The van der Waals surface area contributed by atoms with E-state index in [1.165, 1.54) is 11.3 Å². The van der Waals surface area contributed by atoms with Crippen molar-refractivity contribution in [3.63, 3.8) is 0 Å². The zero-order valence-electron chi connectivity index (χ0n) is 9.22. The summed E-state index contributed by atoms with van der Waals surface area (Å²) in [4.78, 5) is 11.7. The third-order valence-corrected chi connectivity index (χ3v) is 3.28. The van der Waals surface area contributed by atoms with Crippen LogP contribution in [-0.2, 0) is 4.79 Å². The maximum Gasteiger partial charge on any atom is 0.320 e. The van der Waals surface area contributed by atoms with Crippen LogP contribution in [0.2, 0.25) is 0 Å². The van der Waals surface area contributed by atoms with E-state index in [2.05, 4.69) is 5.32 Å². The lowest BCUT2D eigenvalue weighted by atomic mass is 10.1. The van der Waals surface area contributed by atoms with Gasteiger partial charge in [-0.1, -0.05) is 19.4 Å². The van der Waals surface area contributed by atoms with E-state index in [4.69, 9.17) is 5.11 Å². The SMILES string of the molecule is CCCC(NCC(O)c1cccs1)C(=O)O. The van der Waals surface area contributed by atoms with E-state index in [0.29, 0.717) is 6.42 Å². The number of aliphatic hydroxyl groups excluding tert-OH is 1. The van der Waals surface area contributed by atoms with E-state index in [1.807, 2.05) is 24.4 Å². The topological polar surface area (TPSA) is 69.6 Å². The average molecular weight is 243 g/mol. The summed E-state index contributed by atoms with van der Waals surface area (Å²) in [7, 11) is 0. The largest absolute Gasteiger partial charge is 0.480 e. The summed E-state index contributed by atoms with van der Waals surface area (Å²) in [6, 6.07) is 3.14. The van der Waals surface area contributed by atoms with E-state index < -0.39 is 18.1 Å². The Hall–Kier alpha value is -0.910. The van der Waals surface area contributed by atoms with Gasteiger partial charge in [0.25, 0.3) is 0 Å². The third kappa shape index (κ3) is 3.92. The molecule has 1 heterocycles. The zero-order valence-corrected chi connectivity index (χ0v) is 10.0. The number of rotatable bonds is 7. The molecule has 0 aliphatic heterocycles. The lowest BCUT2D eigenvalue weighted by Gasteiger charge is -2.16. The molecule has 0 aliphatic carbocycles. The van der Waals surface area contributed by atoms with Crippen LogP contribution in [0, 0.1) is 0 Å². The minimum absolute atomic E-state index is 0.275. The maximum atomic E-state index is 10.8. The van der Waals surface area contributed by atoms with Crippen LogP contribution < -0.4 is 5.32 Å². The van der Waals surface area contributed by atoms with Crippen LogP contribution in [0.15, 0.2) is 17.5 Å². The first-order chi connectivity index (χ1) is 7.65. The van der Waals surface area contributed by atoms with Gasteiger partial charge in [0.1, 0.15) is 12.1 Å². The normalized spacial score (nSPS) is 14.6. The minimum Gasteiger partial charge on any atom is -0.480 e. The first kappa shape index (κ1) is 13.2. The van der Waals surface area contributed by atoms with Crippen LogP contribution in [0.1, 0.15) is 30.7 Å². The minimum atomic E-state index is -0.861. The Morgan fingerprint density at radius 2 is 2.38 bits per heavy atom. The van der Waals surface area contributed by atoms with Crippen molar-refractivity contribution in [2.24, 2.45) is 0 Å². The number of thiophene rings is 1. The maximum absolute atomic E-state index is 10.8. The molecule has 0 aliphatic rings.